The minimum Gasteiger partial charge on any atom is -0.459 e. The molecule has 0 unspecified atom stereocenters. The molecule has 0 atom stereocenters. The lowest BCUT2D eigenvalue weighted by molar-refractivity contribution is -0.117. The van der Waals surface area contributed by atoms with Crippen LogP contribution < -0.4 is 5.32 Å². The molecule has 2 aromatic heterocycles. The Labute approximate surface area is 128 Å². The van der Waals surface area contributed by atoms with Crippen molar-refractivity contribution >= 4 is 17.6 Å². The van der Waals surface area contributed by atoms with E-state index in [2.05, 4.69) is 10.5 Å². The Morgan fingerprint density at radius 2 is 2.09 bits per heavy atom. The molecule has 0 spiro atoms. The molecule has 22 heavy (non-hydrogen) atoms. The predicted molar refractivity (Wildman–Crippen MR) is 79.4 cm³/mol. The lowest BCUT2D eigenvalue weighted by Gasteiger charge is -2.34. The molecule has 2 aromatic rings. The standard InChI is InChI=1S/C15H19N3O4/c1-10-8-12(17-22-10)16-13(19)9-18(15(2,3)4)14(20)11-6-5-7-21-11/h5-8H,9H2,1-4H3,(H,16,17,19). The first-order valence-corrected chi connectivity index (χ1v) is 6.86. The minimum absolute atomic E-state index is 0.116. The van der Waals surface area contributed by atoms with Gasteiger partial charge in [-0.25, -0.2) is 0 Å². The van der Waals surface area contributed by atoms with Crippen LogP contribution >= 0.6 is 0 Å². The average Bonchev–Trinajstić information content (AvgIpc) is 3.05. The monoisotopic (exact) mass is 305 g/mol. The van der Waals surface area contributed by atoms with Gasteiger partial charge in [0.2, 0.25) is 5.91 Å². The van der Waals surface area contributed by atoms with Crippen molar-refractivity contribution in [2.75, 3.05) is 11.9 Å². The second-order valence-electron chi connectivity index (χ2n) is 5.91. The van der Waals surface area contributed by atoms with Crippen molar-refractivity contribution in [3.63, 3.8) is 0 Å². The molecule has 0 fully saturated rings. The van der Waals surface area contributed by atoms with Crippen LogP contribution in [0.4, 0.5) is 5.82 Å². The SMILES string of the molecule is Cc1cc(NC(=O)CN(C(=O)c2ccco2)C(C)(C)C)no1. The second kappa shape index (κ2) is 6.05. The molecule has 118 valence electrons. The van der Waals surface area contributed by atoms with Gasteiger partial charge in [-0.2, -0.15) is 0 Å². The summed E-state index contributed by atoms with van der Waals surface area (Å²) in [5.74, 6) is 0.406. The van der Waals surface area contributed by atoms with Gasteiger partial charge in [0.25, 0.3) is 5.91 Å². The van der Waals surface area contributed by atoms with E-state index in [9.17, 15) is 9.59 Å². The van der Waals surface area contributed by atoms with Crippen LogP contribution in [0.15, 0.2) is 33.4 Å². The number of nitrogens with one attached hydrogen (secondary N) is 1. The number of aromatic nitrogens is 1. The molecule has 0 aromatic carbocycles. The number of hydrogen-bond donors (Lipinski definition) is 1. The number of carbonyl (C=O) groups is 2. The Morgan fingerprint density at radius 3 is 2.59 bits per heavy atom. The van der Waals surface area contributed by atoms with E-state index in [-0.39, 0.29) is 24.1 Å². The van der Waals surface area contributed by atoms with Gasteiger partial charge in [-0.05, 0) is 39.8 Å². The summed E-state index contributed by atoms with van der Waals surface area (Å²) >= 11 is 0. The first kappa shape index (κ1) is 15.8. The van der Waals surface area contributed by atoms with Crippen molar-refractivity contribution in [1.82, 2.24) is 10.1 Å². The van der Waals surface area contributed by atoms with Gasteiger partial charge in [-0.3, -0.25) is 9.59 Å². The van der Waals surface area contributed by atoms with Crippen LogP contribution in [0.3, 0.4) is 0 Å². The highest BCUT2D eigenvalue weighted by Crippen LogP contribution is 2.18. The largest absolute Gasteiger partial charge is 0.459 e. The smallest absolute Gasteiger partial charge is 0.290 e. The Morgan fingerprint density at radius 1 is 1.36 bits per heavy atom. The molecule has 2 amide bonds. The molecule has 0 radical (unpaired) electrons. The lowest BCUT2D eigenvalue weighted by Crippen LogP contribution is -2.49. The molecule has 0 saturated carbocycles. The van der Waals surface area contributed by atoms with Gasteiger partial charge in [0.05, 0.1) is 6.26 Å². The van der Waals surface area contributed by atoms with E-state index >= 15 is 0 Å². The number of carbonyl (C=O) groups excluding carboxylic acids is 2. The van der Waals surface area contributed by atoms with Crippen LogP contribution in [0.2, 0.25) is 0 Å². The maximum atomic E-state index is 12.5. The van der Waals surface area contributed by atoms with E-state index in [1.54, 1.807) is 25.1 Å². The lowest BCUT2D eigenvalue weighted by atomic mass is 10.1. The molecular weight excluding hydrogens is 286 g/mol. The molecule has 0 bridgehead atoms. The fourth-order valence-corrected chi connectivity index (χ4v) is 1.90. The Hall–Kier alpha value is -2.57. The fraction of sp³-hybridized carbons (Fsp3) is 0.400. The van der Waals surface area contributed by atoms with Crippen molar-refractivity contribution in [1.29, 1.82) is 0 Å². The van der Waals surface area contributed by atoms with E-state index in [0.717, 1.165) is 0 Å². The topological polar surface area (TPSA) is 88.6 Å². The quantitative estimate of drug-likeness (QED) is 0.937. The number of hydrogen-bond acceptors (Lipinski definition) is 5. The van der Waals surface area contributed by atoms with E-state index in [0.29, 0.717) is 11.6 Å². The minimum atomic E-state index is -0.541. The van der Waals surface area contributed by atoms with E-state index in [1.165, 1.54) is 11.2 Å². The zero-order chi connectivity index (χ0) is 16.3. The third-order valence-corrected chi connectivity index (χ3v) is 2.98. The number of anilines is 1. The summed E-state index contributed by atoms with van der Waals surface area (Å²) in [4.78, 5) is 26.0. The van der Waals surface area contributed by atoms with Gasteiger partial charge in [-0.15, -0.1) is 0 Å². The molecule has 0 aliphatic heterocycles. The van der Waals surface area contributed by atoms with Crippen LogP contribution in [0, 0.1) is 6.92 Å². The second-order valence-corrected chi connectivity index (χ2v) is 5.91. The first-order valence-electron chi connectivity index (χ1n) is 6.86. The molecule has 7 nitrogen and oxygen atoms in total. The zero-order valence-electron chi connectivity index (χ0n) is 13.0. The van der Waals surface area contributed by atoms with Crippen molar-refractivity contribution in [3.05, 3.63) is 36.0 Å². The highest BCUT2D eigenvalue weighted by Gasteiger charge is 2.30. The maximum Gasteiger partial charge on any atom is 0.290 e. The Kier molecular flexibility index (Phi) is 4.35. The van der Waals surface area contributed by atoms with Crippen LogP contribution in [-0.4, -0.2) is 34.0 Å². The normalized spacial score (nSPS) is 11.3. The van der Waals surface area contributed by atoms with E-state index in [1.807, 2.05) is 20.8 Å². The summed E-state index contributed by atoms with van der Waals surface area (Å²) in [7, 11) is 0. The molecule has 7 heteroatoms. The van der Waals surface area contributed by atoms with Crippen LogP contribution in [0.1, 0.15) is 37.1 Å². The van der Waals surface area contributed by atoms with Crippen LogP contribution in [-0.2, 0) is 4.79 Å². The highest BCUT2D eigenvalue weighted by atomic mass is 16.5. The van der Waals surface area contributed by atoms with Gasteiger partial charge < -0.3 is 19.2 Å². The van der Waals surface area contributed by atoms with Gasteiger partial charge in [0.15, 0.2) is 11.6 Å². The summed E-state index contributed by atoms with van der Waals surface area (Å²) in [5, 5.41) is 6.29. The van der Waals surface area contributed by atoms with Crippen molar-refractivity contribution in [3.8, 4) is 0 Å². The summed E-state index contributed by atoms with van der Waals surface area (Å²) in [6.07, 6.45) is 1.42. The van der Waals surface area contributed by atoms with E-state index < -0.39 is 5.54 Å². The van der Waals surface area contributed by atoms with Gasteiger partial charge in [-0.1, -0.05) is 5.16 Å². The third-order valence-electron chi connectivity index (χ3n) is 2.98. The highest BCUT2D eigenvalue weighted by molar-refractivity contribution is 5.98. The van der Waals surface area contributed by atoms with Crippen molar-refractivity contribution in [2.45, 2.75) is 33.2 Å². The average molecular weight is 305 g/mol. The fourth-order valence-electron chi connectivity index (χ4n) is 1.90. The number of furan rings is 1. The van der Waals surface area contributed by atoms with Gasteiger partial charge in [0.1, 0.15) is 12.3 Å². The summed E-state index contributed by atoms with van der Waals surface area (Å²) < 4.78 is 10.0. The number of nitrogens with zero attached hydrogens (tertiary/aromatic N) is 2. The van der Waals surface area contributed by atoms with Crippen molar-refractivity contribution in [2.24, 2.45) is 0 Å². The zero-order valence-corrected chi connectivity index (χ0v) is 13.0. The Bertz CT molecular complexity index is 653. The molecular formula is C15H19N3O4. The Balaban J connectivity index is 2.10. The predicted octanol–water partition coefficient (Wildman–Crippen LogP) is 2.46. The van der Waals surface area contributed by atoms with Gasteiger partial charge in [0, 0.05) is 11.6 Å². The summed E-state index contributed by atoms with van der Waals surface area (Å²) in [6, 6.07) is 4.81. The number of aryl methyl sites for hydroxylation is 1. The first-order chi connectivity index (χ1) is 10.3. The number of amides is 2. The molecule has 0 aliphatic rings. The molecule has 2 rings (SSSR count). The summed E-state index contributed by atoms with van der Waals surface area (Å²) in [5.41, 5.74) is -0.541. The molecule has 1 N–H and O–H groups in total. The maximum absolute atomic E-state index is 12.5. The summed E-state index contributed by atoms with van der Waals surface area (Å²) in [6.45, 7) is 7.16. The molecule has 2 heterocycles. The van der Waals surface area contributed by atoms with E-state index in [4.69, 9.17) is 8.94 Å². The molecule has 0 aliphatic carbocycles. The van der Waals surface area contributed by atoms with Crippen LogP contribution in [0.5, 0.6) is 0 Å². The third kappa shape index (κ3) is 3.75. The van der Waals surface area contributed by atoms with Crippen molar-refractivity contribution < 1.29 is 18.5 Å². The number of rotatable bonds is 4. The van der Waals surface area contributed by atoms with Crippen LogP contribution in [0.25, 0.3) is 0 Å². The molecule has 0 saturated heterocycles. The van der Waals surface area contributed by atoms with Gasteiger partial charge >= 0.3 is 0 Å².